The number of carboxylic acids is 1. The molecule has 0 saturated heterocycles. The highest BCUT2D eigenvalue weighted by Crippen LogP contribution is 2.29. The Kier molecular flexibility index (Phi) is 4.84. The zero-order valence-electron chi connectivity index (χ0n) is 12.8. The summed E-state index contributed by atoms with van der Waals surface area (Å²) in [6.07, 6.45) is 1.61. The maximum absolute atomic E-state index is 11.6. The second-order valence-electron chi connectivity index (χ2n) is 4.79. The molecular formula is C18H18O4. The topological polar surface area (TPSA) is 55.8 Å². The van der Waals surface area contributed by atoms with Crippen molar-refractivity contribution in [3.63, 3.8) is 0 Å². The lowest BCUT2D eigenvalue weighted by molar-refractivity contribution is -0.130. The molecule has 2 rings (SSSR count). The molecular weight excluding hydrogens is 280 g/mol. The van der Waals surface area contributed by atoms with Crippen molar-refractivity contribution in [2.75, 3.05) is 14.2 Å². The summed E-state index contributed by atoms with van der Waals surface area (Å²) in [6.45, 7) is 1.89. The van der Waals surface area contributed by atoms with Crippen molar-refractivity contribution in [3.8, 4) is 11.5 Å². The van der Waals surface area contributed by atoms with E-state index in [4.69, 9.17) is 9.47 Å². The van der Waals surface area contributed by atoms with Gasteiger partial charge >= 0.3 is 5.97 Å². The predicted octanol–water partition coefficient (Wildman–Crippen LogP) is 3.64. The Labute approximate surface area is 129 Å². The Bertz CT molecular complexity index is 717. The summed E-state index contributed by atoms with van der Waals surface area (Å²) in [5.74, 6) is 0.237. The molecule has 0 fully saturated rings. The van der Waals surface area contributed by atoms with Crippen LogP contribution in [0.2, 0.25) is 0 Å². The van der Waals surface area contributed by atoms with Crippen molar-refractivity contribution in [1.29, 1.82) is 0 Å². The molecule has 22 heavy (non-hydrogen) atoms. The quantitative estimate of drug-likeness (QED) is 0.676. The molecule has 0 aliphatic rings. The maximum Gasteiger partial charge on any atom is 0.336 e. The van der Waals surface area contributed by atoms with Gasteiger partial charge < -0.3 is 14.6 Å². The van der Waals surface area contributed by atoms with E-state index in [1.165, 1.54) is 0 Å². The van der Waals surface area contributed by atoms with Gasteiger partial charge in [0.2, 0.25) is 0 Å². The van der Waals surface area contributed by atoms with E-state index in [9.17, 15) is 9.90 Å². The van der Waals surface area contributed by atoms with E-state index in [0.717, 1.165) is 5.56 Å². The average Bonchev–Trinajstić information content (AvgIpc) is 2.53. The molecule has 114 valence electrons. The van der Waals surface area contributed by atoms with Crippen LogP contribution in [-0.4, -0.2) is 25.3 Å². The number of rotatable bonds is 5. The predicted molar refractivity (Wildman–Crippen MR) is 86.2 cm³/mol. The first-order chi connectivity index (χ1) is 10.6. The van der Waals surface area contributed by atoms with E-state index in [1.54, 1.807) is 44.6 Å². The number of methoxy groups -OCH3 is 2. The third-order valence-electron chi connectivity index (χ3n) is 3.41. The number of hydrogen-bond acceptors (Lipinski definition) is 3. The average molecular weight is 298 g/mol. The van der Waals surface area contributed by atoms with Gasteiger partial charge in [0.25, 0.3) is 0 Å². The molecule has 0 aromatic heterocycles. The first kappa shape index (κ1) is 15.6. The number of aryl methyl sites for hydroxylation is 1. The molecule has 0 saturated carbocycles. The Morgan fingerprint density at radius 2 is 1.82 bits per heavy atom. The molecule has 0 aliphatic heterocycles. The van der Waals surface area contributed by atoms with Gasteiger partial charge in [-0.3, -0.25) is 0 Å². The molecule has 4 heteroatoms. The second-order valence-corrected chi connectivity index (χ2v) is 4.79. The van der Waals surface area contributed by atoms with Crippen molar-refractivity contribution in [2.45, 2.75) is 6.92 Å². The van der Waals surface area contributed by atoms with Gasteiger partial charge in [-0.1, -0.05) is 24.3 Å². The number of carbonyl (C=O) groups is 1. The van der Waals surface area contributed by atoms with Gasteiger partial charge in [-0.2, -0.15) is 0 Å². The molecule has 0 unspecified atom stereocenters. The zero-order chi connectivity index (χ0) is 16.1. The number of benzene rings is 2. The molecule has 0 aliphatic carbocycles. The van der Waals surface area contributed by atoms with Crippen LogP contribution in [0.15, 0.2) is 42.5 Å². The monoisotopic (exact) mass is 298 g/mol. The van der Waals surface area contributed by atoms with Crippen LogP contribution in [0.4, 0.5) is 0 Å². The summed E-state index contributed by atoms with van der Waals surface area (Å²) < 4.78 is 10.5. The van der Waals surface area contributed by atoms with Gasteiger partial charge in [-0.15, -0.1) is 0 Å². The molecule has 0 bridgehead atoms. The van der Waals surface area contributed by atoms with Crippen LogP contribution < -0.4 is 9.47 Å². The van der Waals surface area contributed by atoms with Crippen LogP contribution in [-0.2, 0) is 4.79 Å². The van der Waals surface area contributed by atoms with Crippen LogP contribution in [0.1, 0.15) is 16.7 Å². The summed E-state index contributed by atoms with van der Waals surface area (Å²) in [7, 11) is 3.11. The molecule has 0 atom stereocenters. The summed E-state index contributed by atoms with van der Waals surface area (Å²) in [6, 6.07) is 12.7. The van der Waals surface area contributed by atoms with Crippen molar-refractivity contribution < 1.29 is 19.4 Å². The molecule has 0 radical (unpaired) electrons. The molecule has 4 nitrogen and oxygen atoms in total. The highest BCUT2D eigenvalue weighted by Gasteiger charge is 2.14. The van der Waals surface area contributed by atoms with Crippen LogP contribution in [0, 0.1) is 6.92 Å². The summed E-state index contributed by atoms with van der Waals surface area (Å²) in [4.78, 5) is 11.6. The van der Waals surface area contributed by atoms with E-state index < -0.39 is 5.97 Å². The Morgan fingerprint density at radius 1 is 1.09 bits per heavy atom. The fraction of sp³-hybridized carbons (Fsp3) is 0.167. The first-order valence-electron chi connectivity index (χ1n) is 6.80. The smallest absolute Gasteiger partial charge is 0.336 e. The molecule has 0 heterocycles. The molecule has 1 N–H and O–H groups in total. The van der Waals surface area contributed by atoms with Gasteiger partial charge in [0, 0.05) is 11.6 Å². The number of carboxylic acid groups (broad SMARTS) is 1. The highest BCUT2D eigenvalue weighted by molar-refractivity contribution is 6.21. The highest BCUT2D eigenvalue weighted by atomic mass is 16.5. The van der Waals surface area contributed by atoms with E-state index in [0.29, 0.717) is 22.6 Å². The van der Waals surface area contributed by atoms with Crippen LogP contribution in [0.5, 0.6) is 11.5 Å². The number of aliphatic carboxylic acids is 1. The minimum Gasteiger partial charge on any atom is -0.497 e. The largest absolute Gasteiger partial charge is 0.497 e. The number of hydrogen-bond donors (Lipinski definition) is 1. The zero-order valence-corrected chi connectivity index (χ0v) is 12.8. The lowest BCUT2D eigenvalue weighted by atomic mass is 9.98. The molecule has 2 aromatic rings. The van der Waals surface area contributed by atoms with Gasteiger partial charge in [-0.25, -0.2) is 4.79 Å². The van der Waals surface area contributed by atoms with Crippen LogP contribution in [0.3, 0.4) is 0 Å². The van der Waals surface area contributed by atoms with E-state index in [-0.39, 0.29) is 5.57 Å². The van der Waals surface area contributed by atoms with E-state index >= 15 is 0 Å². The van der Waals surface area contributed by atoms with Gasteiger partial charge in [0.05, 0.1) is 19.8 Å². The standard InChI is InChI=1S/C18H18O4/c1-12-6-4-5-7-15(12)16(18(19)20)10-13-8-9-14(21-2)11-17(13)22-3/h4-11H,1-3H3,(H,19,20)/b16-10+. The summed E-state index contributed by atoms with van der Waals surface area (Å²) in [5, 5.41) is 9.54. The van der Waals surface area contributed by atoms with Gasteiger partial charge in [0.15, 0.2) is 0 Å². The Hall–Kier alpha value is -2.75. The summed E-state index contributed by atoms with van der Waals surface area (Å²) >= 11 is 0. The molecule has 2 aromatic carbocycles. The Morgan fingerprint density at radius 3 is 2.41 bits per heavy atom. The van der Waals surface area contributed by atoms with E-state index in [2.05, 4.69) is 0 Å². The fourth-order valence-electron chi connectivity index (χ4n) is 2.22. The van der Waals surface area contributed by atoms with Crippen molar-refractivity contribution >= 4 is 17.6 Å². The maximum atomic E-state index is 11.6. The third-order valence-corrected chi connectivity index (χ3v) is 3.41. The lowest BCUT2D eigenvalue weighted by Crippen LogP contribution is -2.02. The number of ether oxygens (including phenoxy) is 2. The van der Waals surface area contributed by atoms with Crippen molar-refractivity contribution in [2.24, 2.45) is 0 Å². The van der Waals surface area contributed by atoms with Crippen molar-refractivity contribution in [3.05, 3.63) is 59.2 Å². The summed E-state index contributed by atoms with van der Waals surface area (Å²) in [5.41, 5.74) is 2.50. The Balaban J connectivity index is 2.57. The van der Waals surface area contributed by atoms with Crippen molar-refractivity contribution in [1.82, 2.24) is 0 Å². The normalized spacial score (nSPS) is 11.1. The minimum absolute atomic E-state index is 0.224. The van der Waals surface area contributed by atoms with Gasteiger partial charge in [0.1, 0.15) is 11.5 Å². The third kappa shape index (κ3) is 3.28. The minimum atomic E-state index is -0.979. The second kappa shape index (κ2) is 6.80. The van der Waals surface area contributed by atoms with Crippen LogP contribution in [0.25, 0.3) is 11.6 Å². The molecule has 0 amide bonds. The fourth-order valence-corrected chi connectivity index (χ4v) is 2.22. The molecule has 0 spiro atoms. The van der Waals surface area contributed by atoms with Crippen LogP contribution >= 0.6 is 0 Å². The van der Waals surface area contributed by atoms with Gasteiger partial charge in [-0.05, 0) is 36.3 Å². The first-order valence-corrected chi connectivity index (χ1v) is 6.80. The SMILES string of the molecule is COc1ccc(/C=C(/C(=O)O)c2ccccc2C)c(OC)c1. The van der Waals surface area contributed by atoms with E-state index in [1.807, 2.05) is 25.1 Å². The lowest BCUT2D eigenvalue weighted by Gasteiger charge is -2.10.